The Balaban J connectivity index is 3.09. The molecule has 0 N–H and O–H groups in total. The molecule has 0 bridgehead atoms. The largest absolute Gasteiger partial charge is 0.260 e. The van der Waals surface area contributed by atoms with Crippen molar-refractivity contribution < 1.29 is 0 Å². The van der Waals surface area contributed by atoms with Gasteiger partial charge < -0.3 is 0 Å². The molecule has 0 aliphatic rings. The van der Waals surface area contributed by atoms with E-state index < -0.39 is 0 Å². The highest BCUT2D eigenvalue weighted by Crippen LogP contribution is 2.27. The van der Waals surface area contributed by atoms with Gasteiger partial charge in [0.1, 0.15) is 0 Å². The predicted octanol–water partition coefficient (Wildman–Crippen LogP) is 3.14. The minimum atomic E-state index is 0.448. The standard InChI is InChI=1S/C10H16NP/c1-7(2)9-5-4-6-11-10(9)8(3)12/h4-8H,12H2,1-3H3. The molecule has 2 heteroatoms. The number of rotatable bonds is 2. The Morgan fingerprint density at radius 1 is 1.33 bits per heavy atom. The van der Waals surface area contributed by atoms with E-state index in [0.29, 0.717) is 11.6 Å². The van der Waals surface area contributed by atoms with Crippen LogP contribution in [0.25, 0.3) is 0 Å². The molecule has 1 aromatic heterocycles. The Labute approximate surface area is 76.8 Å². The molecule has 12 heavy (non-hydrogen) atoms. The highest BCUT2D eigenvalue weighted by molar-refractivity contribution is 7.17. The summed E-state index contributed by atoms with van der Waals surface area (Å²) >= 11 is 0. The molecule has 1 heterocycles. The Bertz CT molecular complexity index is 229. The van der Waals surface area contributed by atoms with Crippen molar-refractivity contribution in [1.82, 2.24) is 4.98 Å². The van der Waals surface area contributed by atoms with Crippen LogP contribution in [-0.4, -0.2) is 4.98 Å². The molecular weight excluding hydrogens is 165 g/mol. The van der Waals surface area contributed by atoms with Gasteiger partial charge in [-0.25, -0.2) is 0 Å². The second kappa shape index (κ2) is 4.00. The minimum Gasteiger partial charge on any atom is -0.260 e. The highest BCUT2D eigenvalue weighted by atomic mass is 31.0. The van der Waals surface area contributed by atoms with Crippen molar-refractivity contribution in [2.75, 3.05) is 0 Å². The summed E-state index contributed by atoms with van der Waals surface area (Å²) in [5.74, 6) is 0.566. The van der Waals surface area contributed by atoms with E-state index in [0.717, 1.165) is 0 Å². The highest BCUT2D eigenvalue weighted by Gasteiger charge is 2.09. The maximum Gasteiger partial charge on any atom is 0.0503 e. The molecule has 1 rings (SSSR count). The number of hydrogen-bond donors (Lipinski definition) is 0. The van der Waals surface area contributed by atoms with Crippen molar-refractivity contribution in [3.05, 3.63) is 29.6 Å². The van der Waals surface area contributed by atoms with Crippen LogP contribution < -0.4 is 0 Å². The lowest BCUT2D eigenvalue weighted by Crippen LogP contribution is -1.99. The van der Waals surface area contributed by atoms with Gasteiger partial charge in [0.2, 0.25) is 0 Å². The second-order valence-corrected chi connectivity index (χ2v) is 4.42. The minimum absolute atomic E-state index is 0.448. The van der Waals surface area contributed by atoms with E-state index >= 15 is 0 Å². The molecule has 1 aromatic rings. The lowest BCUT2D eigenvalue weighted by atomic mass is 10.0. The Morgan fingerprint density at radius 2 is 2.00 bits per heavy atom. The van der Waals surface area contributed by atoms with Crippen molar-refractivity contribution in [3.8, 4) is 0 Å². The maximum atomic E-state index is 4.38. The molecule has 1 nitrogen and oxygen atoms in total. The van der Waals surface area contributed by atoms with Crippen LogP contribution in [0.4, 0.5) is 0 Å². The fourth-order valence-electron chi connectivity index (χ4n) is 1.30. The average molecular weight is 181 g/mol. The Hall–Kier alpha value is -0.420. The van der Waals surface area contributed by atoms with Crippen molar-refractivity contribution in [1.29, 1.82) is 0 Å². The van der Waals surface area contributed by atoms with Crippen molar-refractivity contribution >= 4 is 9.24 Å². The van der Waals surface area contributed by atoms with E-state index in [1.165, 1.54) is 11.3 Å². The molecule has 0 aliphatic carbocycles. The van der Waals surface area contributed by atoms with Crippen LogP contribution >= 0.6 is 9.24 Å². The predicted molar refractivity (Wildman–Crippen MR) is 56.5 cm³/mol. The summed E-state index contributed by atoms with van der Waals surface area (Å²) in [4.78, 5) is 4.38. The van der Waals surface area contributed by atoms with Crippen LogP contribution in [0.2, 0.25) is 0 Å². The van der Waals surface area contributed by atoms with E-state index in [-0.39, 0.29) is 0 Å². The van der Waals surface area contributed by atoms with Crippen LogP contribution in [0.5, 0.6) is 0 Å². The first kappa shape index (κ1) is 9.67. The van der Waals surface area contributed by atoms with E-state index in [9.17, 15) is 0 Å². The quantitative estimate of drug-likeness (QED) is 0.639. The molecule has 0 radical (unpaired) electrons. The zero-order chi connectivity index (χ0) is 9.14. The van der Waals surface area contributed by atoms with Crippen LogP contribution in [0.3, 0.4) is 0 Å². The van der Waals surface area contributed by atoms with Gasteiger partial charge in [0.15, 0.2) is 0 Å². The number of aromatic nitrogens is 1. The number of pyridine rings is 1. The van der Waals surface area contributed by atoms with Gasteiger partial charge >= 0.3 is 0 Å². The molecular formula is C10H16NP. The summed E-state index contributed by atoms with van der Waals surface area (Å²) in [5, 5.41) is 0. The van der Waals surface area contributed by atoms with E-state index in [4.69, 9.17) is 0 Å². The fraction of sp³-hybridized carbons (Fsp3) is 0.500. The van der Waals surface area contributed by atoms with E-state index in [2.05, 4.69) is 41.1 Å². The smallest absolute Gasteiger partial charge is 0.0503 e. The molecule has 0 aromatic carbocycles. The monoisotopic (exact) mass is 181 g/mol. The van der Waals surface area contributed by atoms with Gasteiger partial charge in [0, 0.05) is 11.9 Å². The third-order valence-electron chi connectivity index (χ3n) is 1.92. The van der Waals surface area contributed by atoms with Gasteiger partial charge in [0.05, 0.1) is 5.69 Å². The summed E-state index contributed by atoms with van der Waals surface area (Å²) < 4.78 is 0. The molecule has 0 saturated heterocycles. The summed E-state index contributed by atoms with van der Waals surface area (Å²) in [7, 11) is 2.79. The van der Waals surface area contributed by atoms with Gasteiger partial charge in [-0.15, -0.1) is 9.24 Å². The van der Waals surface area contributed by atoms with Crippen LogP contribution in [-0.2, 0) is 0 Å². The van der Waals surface area contributed by atoms with Crippen LogP contribution in [0.1, 0.15) is 43.6 Å². The lowest BCUT2D eigenvalue weighted by molar-refractivity contribution is 0.820. The molecule has 2 unspecified atom stereocenters. The molecule has 0 fully saturated rings. The third kappa shape index (κ3) is 2.04. The molecule has 2 atom stereocenters. The molecule has 0 spiro atoms. The number of hydrogen-bond acceptors (Lipinski definition) is 1. The van der Waals surface area contributed by atoms with Gasteiger partial charge in [0.25, 0.3) is 0 Å². The summed E-state index contributed by atoms with van der Waals surface area (Å²) in [6.07, 6.45) is 1.86. The van der Waals surface area contributed by atoms with Crippen LogP contribution in [0, 0.1) is 0 Å². The first-order valence-electron chi connectivity index (χ1n) is 4.33. The zero-order valence-corrected chi connectivity index (χ0v) is 9.07. The molecule has 0 saturated carbocycles. The Kier molecular flexibility index (Phi) is 3.22. The summed E-state index contributed by atoms with van der Waals surface area (Å²) in [6, 6.07) is 4.17. The van der Waals surface area contributed by atoms with Crippen molar-refractivity contribution in [2.24, 2.45) is 0 Å². The first-order valence-corrected chi connectivity index (χ1v) is 5.00. The Morgan fingerprint density at radius 3 is 2.42 bits per heavy atom. The summed E-state index contributed by atoms with van der Waals surface area (Å²) in [5.41, 5.74) is 3.01. The SMILES string of the molecule is CC(C)c1cccnc1C(C)P. The normalized spacial score (nSPS) is 13.4. The number of nitrogens with zero attached hydrogens (tertiary/aromatic N) is 1. The van der Waals surface area contributed by atoms with Crippen LogP contribution in [0.15, 0.2) is 18.3 Å². The topological polar surface area (TPSA) is 12.9 Å². The van der Waals surface area contributed by atoms with Gasteiger partial charge in [-0.1, -0.05) is 26.8 Å². The van der Waals surface area contributed by atoms with E-state index in [1.54, 1.807) is 0 Å². The molecule has 0 aliphatic heterocycles. The van der Waals surface area contributed by atoms with Gasteiger partial charge in [-0.3, -0.25) is 4.98 Å². The van der Waals surface area contributed by atoms with Crippen molar-refractivity contribution in [2.45, 2.75) is 32.3 Å². The summed E-state index contributed by atoms with van der Waals surface area (Å²) in [6.45, 7) is 6.56. The third-order valence-corrected chi connectivity index (χ3v) is 2.24. The fourth-order valence-corrected chi connectivity index (χ4v) is 1.58. The zero-order valence-electron chi connectivity index (χ0n) is 7.91. The van der Waals surface area contributed by atoms with Gasteiger partial charge in [-0.05, 0) is 17.5 Å². The second-order valence-electron chi connectivity index (χ2n) is 3.42. The maximum absolute atomic E-state index is 4.38. The van der Waals surface area contributed by atoms with Gasteiger partial charge in [-0.2, -0.15) is 0 Å². The lowest BCUT2D eigenvalue weighted by Gasteiger charge is -2.13. The first-order chi connectivity index (χ1) is 5.63. The molecule has 0 amide bonds. The average Bonchev–Trinajstić information content (AvgIpc) is 2.04. The van der Waals surface area contributed by atoms with Crippen molar-refractivity contribution in [3.63, 3.8) is 0 Å². The molecule has 66 valence electrons. The van der Waals surface area contributed by atoms with E-state index in [1.807, 2.05) is 12.3 Å².